The van der Waals surface area contributed by atoms with Gasteiger partial charge in [-0.15, -0.1) is 0 Å². The Labute approximate surface area is 115 Å². The predicted molar refractivity (Wildman–Crippen MR) is 71.4 cm³/mol. The number of aliphatic hydroxyl groups is 1. The Morgan fingerprint density at radius 2 is 2.17 bits per heavy atom. The van der Waals surface area contributed by atoms with Crippen LogP contribution in [0.2, 0.25) is 0 Å². The Balaban J connectivity index is 1.93. The number of nitrogens with zero attached hydrogens (tertiary/aromatic N) is 1. The molecule has 1 aromatic carbocycles. The van der Waals surface area contributed by atoms with Gasteiger partial charge in [-0.3, -0.25) is 4.79 Å². The summed E-state index contributed by atoms with van der Waals surface area (Å²) in [5.41, 5.74) is 0. The Morgan fingerprint density at radius 3 is 2.72 bits per heavy atom. The highest BCUT2D eigenvalue weighted by molar-refractivity contribution is 9.10. The van der Waals surface area contributed by atoms with Crippen LogP contribution in [0.1, 0.15) is 13.3 Å². The lowest BCUT2D eigenvalue weighted by Gasteiger charge is -2.21. The molecule has 5 heteroatoms. The van der Waals surface area contributed by atoms with E-state index in [9.17, 15) is 9.90 Å². The van der Waals surface area contributed by atoms with Gasteiger partial charge >= 0.3 is 0 Å². The lowest BCUT2D eigenvalue weighted by molar-refractivity contribution is -0.137. The highest BCUT2D eigenvalue weighted by atomic mass is 79.9. The number of likely N-dealkylation sites (tertiary alicyclic amines) is 1. The number of β-amino-alcohol motifs (C(OH)–C–C–N with tert-alkyl or cyclic N) is 1. The first kappa shape index (κ1) is 13.4. The number of rotatable bonds is 3. The van der Waals surface area contributed by atoms with Gasteiger partial charge in [-0.1, -0.05) is 15.9 Å². The van der Waals surface area contributed by atoms with Crippen molar-refractivity contribution in [2.24, 2.45) is 0 Å². The Morgan fingerprint density at radius 1 is 1.50 bits per heavy atom. The lowest BCUT2D eigenvalue weighted by Crippen LogP contribution is -2.39. The first-order valence-electron chi connectivity index (χ1n) is 5.95. The summed E-state index contributed by atoms with van der Waals surface area (Å²) in [6.07, 6.45) is -0.276. The third-order valence-corrected chi connectivity index (χ3v) is 3.48. The highest BCUT2D eigenvalue weighted by Crippen LogP contribution is 2.18. The standard InChI is InChI=1S/C13H16BrNO3/c1-9(13(17)15-7-6-11(16)8-15)18-12-4-2-10(14)3-5-12/h2-5,9,11,16H,6-8H2,1H3. The number of carbonyl (C=O) groups is 1. The largest absolute Gasteiger partial charge is 0.481 e. The normalized spacial score (nSPS) is 20.8. The van der Waals surface area contributed by atoms with Gasteiger partial charge in [0, 0.05) is 17.6 Å². The maximum Gasteiger partial charge on any atom is 0.263 e. The van der Waals surface area contributed by atoms with E-state index in [-0.39, 0.29) is 5.91 Å². The van der Waals surface area contributed by atoms with Crippen LogP contribution in [0, 0.1) is 0 Å². The molecule has 2 atom stereocenters. The predicted octanol–water partition coefficient (Wildman–Crippen LogP) is 1.81. The molecule has 2 rings (SSSR count). The van der Waals surface area contributed by atoms with Gasteiger partial charge < -0.3 is 14.7 Å². The molecule has 0 saturated carbocycles. The third kappa shape index (κ3) is 3.23. The van der Waals surface area contributed by atoms with Crippen LogP contribution in [-0.4, -0.2) is 41.2 Å². The van der Waals surface area contributed by atoms with E-state index in [0.717, 1.165) is 4.47 Å². The summed E-state index contributed by atoms with van der Waals surface area (Å²) in [5, 5.41) is 9.41. The molecule has 2 unspecified atom stereocenters. The number of halogens is 1. The molecule has 0 aliphatic carbocycles. The molecule has 0 spiro atoms. The van der Waals surface area contributed by atoms with Gasteiger partial charge in [-0.25, -0.2) is 0 Å². The van der Waals surface area contributed by atoms with Gasteiger partial charge in [0.05, 0.1) is 6.10 Å². The number of ether oxygens (including phenoxy) is 1. The second-order valence-corrected chi connectivity index (χ2v) is 5.36. The number of hydrogen-bond acceptors (Lipinski definition) is 3. The van der Waals surface area contributed by atoms with Crippen LogP contribution in [0.15, 0.2) is 28.7 Å². The first-order valence-corrected chi connectivity index (χ1v) is 6.74. The smallest absolute Gasteiger partial charge is 0.263 e. The summed E-state index contributed by atoms with van der Waals surface area (Å²) in [7, 11) is 0. The Hall–Kier alpha value is -1.07. The Kier molecular flexibility index (Phi) is 4.24. The van der Waals surface area contributed by atoms with Crippen molar-refractivity contribution in [3.63, 3.8) is 0 Å². The van der Waals surface area contributed by atoms with E-state index in [1.807, 2.05) is 24.3 Å². The summed E-state index contributed by atoms with van der Waals surface area (Å²) < 4.78 is 6.55. The molecule has 4 nitrogen and oxygen atoms in total. The van der Waals surface area contributed by atoms with Crippen molar-refractivity contribution in [1.82, 2.24) is 4.90 Å². The zero-order valence-corrected chi connectivity index (χ0v) is 11.8. The second kappa shape index (κ2) is 5.71. The SMILES string of the molecule is CC(Oc1ccc(Br)cc1)C(=O)N1CCC(O)C1. The summed E-state index contributed by atoms with van der Waals surface area (Å²) in [6.45, 7) is 2.75. The molecule has 1 aromatic rings. The number of hydrogen-bond donors (Lipinski definition) is 1. The molecule has 98 valence electrons. The van der Waals surface area contributed by atoms with Gasteiger partial charge in [0.1, 0.15) is 5.75 Å². The zero-order chi connectivity index (χ0) is 13.1. The first-order chi connectivity index (χ1) is 8.56. The molecule has 0 aromatic heterocycles. The van der Waals surface area contributed by atoms with Crippen LogP contribution < -0.4 is 4.74 Å². The maximum atomic E-state index is 12.0. The number of carbonyl (C=O) groups excluding carboxylic acids is 1. The molecule has 1 aliphatic rings. The van der Waals surface area contributed by atoms with E-state index < -0.39 is 12.2 Å². The topological polar surface area (TPSA) is 49.8 Å². The molecule has 1 heterocycles. The van der Waals surface area contributed by atoms with Crippen LogP contribution >= 0.6 is 15.9 Å². The zero-order valence-electron chi connectivity index (χ0n) is 10.2. The summed E-state index contributed by atoms with van der Waals surface area (Å²) >= 11 is 3.34. The Bertz CT molecular complexity index is 421. The molecule has 18 heavy (non-hydrogen) atoms. The summed E-state index contributed by atoms with van der Waals surface area (Å²) in [4.78, 5) is 13.7. The van der Waals surface area contributed by atoms with E-state index >= 15 is 0 Å². The average Bonchev–Trinajstić information content (AvgIpc) is 2.78. The molecule has 1 fully saturated rings. The van der Waals surface area contributed by atoms with Gasteiger partial charge in [0.15, 0.2) is 6.10 Å². The molecule has 1 N–H and O–H groups in total. The third-order valence-electron chi connectivity index (χ3n) is 2.95. The number of benzene rings is 1. The lowest BCUT2D eigenvalue weighted by atomic mass is 10.3. The van der Waals surface area contributed by atoms with Crippen molar-refractivity contribution in [2.45, 2.75) is 25.6 Å². The van der Waals surface area contributed by atoms with Gasteiger partial charge in [-0.2, -0.15) is 0 Å². The van der Waals surface area contributed by atoms with Crippen molar-refractivity contribution in [3.8, 4) is 5.75 Å². The monoisotopic (exact) mass is 313 g/mol. The van der Waals surface area contributed by atoms with E-state index in [1.165, 1.54) is 0 Å². The van der Waals surface area contributed by atoms with Crippen LogP contribution in [0.4, 0.5) is 0 Å². The van der Waals surface area contributed by atoms with Crippen molar-refractivity contribution in [1.29, 1.82) is 0 Å². The van der Waals surface area contributed by atoms with Gasteiger partial charge in [-0.05, 0) is 37.6 Å². The van der Waals surface area contributed by atoms with Crippen LogP contribution in [0.25, 0.3) is 0 Å². The molecule has 1 amide bonds. The van der Waals surface area contributed by atoms with Gasteiger partial charge in [0.2, 0.25) is 0 Å². The fourth-order valence-corrected chi connectivity index (χ4v) is 2.23. The van der Waals surface area contributed by atoms with Crippen LogP contribution in [0.3, 0.4) is 0 Å². The van der Waals surface area contributed by atoms with Crippen LogP contribution in [0.5, 0.6) is 5.75 Å². The maximum absolute atomic E-state index is 12.0. The highest BCUT2D eigenvalue weighted by Gasteiger charge is 2.28. The van der Waals surface area contributed by atoms with Gasteiger partial charge in [0.25, 0.3) is 5.91 Å². The minimum absolute atomic E-state index is 0.0746. The fraction of sp³-hybridized carbons (Fsp3) is 0.462. The van der Waals surface area contributed by atoms with E-state index in [1.54, 1.807) is 11.8 Å². The number of aliphatic hydroxyl groups excluding tert-OH is 1. The number of amides is 1. The summed E-state index contributed by atoms with van der Waals surface area (Å²) in [6, 6.07) is 7.36. The quantitative estimate of drug-likeness (QED) is 0.926. The minimum atomic E-state index is -0.531. The van der Waals surface area contributed by atoms with E-state index in [4.69, 9.17) is 4.74 Å². The molecular formula is C13H16BrNO3. The summed E-state index contributed by atoms with van der Waals surface area (Å²) in [5.74, 6) is 0.591. The van der Waals surface area contributed by atoms with E-state index in [2.05, 4.69) is 15.9 Å². The van der Waals surface area contributed by atoms with E-state index in [0.29, 0.717) is 25.3 Å². The molecule has 1 saturated heterocycles. The average molecular weight is 314 g/mol. The molecule has 1 aliphatic heterocycles. The van der Waals surface area contributed by atoms with Crippen molar-refractivity contribution in [2.75, 3.05) is 13.1 Å². The second-order valence-electron chi connectivity index (χ2n) is 4.44. The minimum Gasteiger partial charge on any atom is -0.481 e. The van der Waals surface area contributed by atoms with Crippen molar-refractivity contribution >= 4 is 21.8 Å². The molecule has 0 bridgehead atoms. The fourth-order valence-electron chi connectivity index (χ4n) is 1.97. The van der Waals surface area contributed by atoms with Crippen molar-refractivity contribution < 1.29 is 14.6 Å². The molecule has 0 radical (unpaired) electrons. The van der Waals surface area contributed by atoms with Crippen molar-refractivity contribution in [3.05, 3.63) is 28.7 Å². The van der Waals surface area contributed by atoms with Crippen LogP contribution in [-0.2, 0) is 4.79 Å². The molecular weight excluding hydrogens is 298 g/mol.